The normalized spacial score (nSPS) is 40.7. The van der Waals surface area contributed by atoms with E-state index in [0.717, 1.165) is 57.4 Å². The van der Waals surface area contributed by atoms with Gasteiger partial charge in [-0.3, -0.25) is 19.9 Å². The Bertz CT molecular complexity index is 665. The molecule has 5 rings (SSSR count). The van der Waals surface area contributed by atoms with Crippen LogP contribution >= 0.6 is 0 Å². The number of benzene rings is 1. The molecule has 0 radical (unpaired) electrons. The number of hydrogen-bond donors (Lipinski definition) is 1. The summed E-state index contributed by atoms with van der Waals surface area (Å²) in [5, 5.41) is 22.5. The molecule has 0 aliphatic carbocycles. The first kappa shape index (κ1) is 17.9. The summed E-state index contributed by atoms with van der Waals surface area (Å²) in [7, 11) is 0. The fourth-order valence-corrected chi connectivity index (χ4v) is 6.21. The zero-order valence-corrected chi connectivity index (χ0v) is 15.7. The molecule has 0 unspecified atom stereocenters. The maximum absolute atomic E-state index is 11.3. The second-order valence-electron chi connectivity index (χ2n) is 8.66. The van der Waals surface area contributed by atoms with Gasteiger partial charge in [-0.15, -0.1) is 0 Å². The minimum atomic E-state index is -0.314. The van der Waals surface area contributed by atoms with E-state index in [1.807, 2.05) is 6.07 Å². The Kier molecular flexibility index (Phi) is 4.33. The average Bonchev–Trinajstić information content (AvgIpc) is 2.59. The highest BCUT2D eigenvalue weighted by molar-refractivity contribution is 5.37. The Morgan fingerprint density at radius 3 is 2.12 bits per heavy atom. The number of aliphatic hydroxyl groups is 1. The number of nitrogens with zero attached hydrogens (tertiary/aromatic N) is 3. The molecule has 1 aromatic carbocycles. The molecule has 6 heteroatoms. The van der Waals surface area contributed by atoms with E-state index in [4.69, 9.17) is 0 Å². The molecule has 4 bridgehead atoms. The lowest BCUT2D eigenvalue weighted by molar-refractivity contribution is -0.385. The van der Waals surface area contributed by atoms with Crippen LogP contribution in [0.4, 0.5) is 5.69 Å². The summed E-state index contributed by atoms with van der Waals surface area (Å²) < 4.78 is 0. The SMILES string of the molecule is CCCC12CN3CC(CCC)(CN(C1)C3c1cccc([N+](=O)[O-])c1)C2O. The van der Waals surface area contributed by atoms with Crippen LogP contribution in [0, 0.1) is 20.9 Å². The van der Waals surface area contributed by atoms with Crippen molar-refractivity contribution in [3.8, 4) is 0 Å². The minimum absolute atomic E-state index is 0.0579. The summed E-state index contributed by atoms with van der Waals surface area (Å²) in [6, 6.07) is 7.09. The van der Waals surface area contributed by atoms with Gasteiger partial charge in [0.05, 0.1) is 17.2 Å². The first-order chi connectivity index (χ1) is 12.4. The summed E-state index contributed by atoms with van der Waals surface area (Å²) in [5.41, 5.74) is 1.05. The van der Waals surface area contributed by atoms with Crippen molar-refractivity contribution < 1.29 is 10.0 Å². The minimum Gasteiger partial charge on any atom is -0.392 e. The van der Waals surface area contributed by atoms with Gasteiger partial charge < -0.3 is 5.11 Å². The van der Waals surface area contributed by atoms with E-state index in [1.165, 1.54) is 0 Å². The molecule has 4 aliphatic rings. The van der Waals surface area contributed by atoms with Gasteiger partial charge in [-0.1, -0.05) is 38.8 Å². The number of piperidine rings is 2. The van der Waals surface area contributed by atoms with Crippen molar-refractivity contribution in [2.24, 2.45) is 10.8 Å². The average molecular weight is 359 g/mol. The highest BCUT2D eigenvalue weighted by Gasteiger charge is 2.64. The van der Waals surface area contributed by atoms with Crippen LogP contribution in [0.15, 0.2) is 24.3 Å². The van der Waals surface area contributed by atoms with E-state index in [0.29, 0.717) is 0 Å². The molecule has 1 N–H and O–H groups in total. The van der Waals surface area contributed by atoms with Crippen LogP contribution < -0.4 is 0 Å². The van der Waals surface area contributed by atoms with Crippen LogP contribution in [0.2, 0.25) is 0 Å². The lowest BCUT2D eigenvalue weighted by atomic mass is 9.56. The van der Waals surface area contributed by atoms with Crippen molar-refractivity contribution in [3.63, 3.8) is 0 Å². The van der Waals surface area contributed by atoms with Gasteiger partial charge in [0.2, 0.25) is 0 Å². The topological polar surface area (TPSA) is 69.9 Å². The quantitative estimate of drug-likeness (QED) is 0.624. The van der Waals surface area contributed by atoms with E-state index >= 15 is 0 Å². The number of non-ortho nitro benzene ring substituents is 1. The summed E-state index contributed by atoms with van der Waals surface area (Å²) in [4.78, 5) is 15.8. The lowest BCUT2D eigenvalue weighted by Gasteiger charge is -2.70. The third kappa shape index (κ3) is 2.50. The number of rotatable bonds is 6. The number of hydrogen-bond acceptors (Lipinski definition) is 5. The van der Waals surface area contributed by atoms with Gasteiger partial charge in [-0.25, -0.2) is 0 Å². The third-order valence-electron chi connectivity index (χ3n) is 6.80. The fourth-order valence-electron chi connectivity index (χ4n) is 6.21. The van der Waals surface area contributed by atoms with Crippen molar-refractivity contribution in [1.82, 2.24) is 9.80 Å². The number of nitro groups is 1. The Morgan fingerprint density at radius 1 is 1.12 bits per heavy atom. The highest BCUT2D eigenvalue weighted by atomic mass is 16.6. The van der Waals surface area contributed by atoms with E-state index in [2.05, 4.69) is 23.6 Å². The summed E-state index contributed by atoms with van der Waals surface area (Å²) in [6.45, 7) is 7.93. The Balaban J connectivity index is 1.71. The van der Waals surface area contributed by atoms with Crippen LogP contribution in [0.1, 0.15) is 51.3 Å². The third-order valence-corrected chi connectivity index (χ3v) is 6.80. The van der Waals surface area contributed by atoms with Crippen LogP contribution in [-0.2, 0) is 0 Å². The maximum atomic E-state index is 11.3. The van der Waals surface area contributed by atoms with Gasteiger partial charge in [-0.05, 0) is 18.4 Å². The molecule has 0 spiro atoms. The van der Waals surface area contributed by atoms with Crippen molar-refractivity contribution in [3.05, 3.63) is 39.9 Å². The summed E-state index contributed by atoms with van der Waals surface area (Å²) >= 11 is 0. The van der Waals surface area contributed by atoms with Gasteiger partial charge in [-0.2, -0.15) is 0 Å². The zero-order valence-electron chi connectivity index (χ0n) is 15.7. The molecule has 4 heterocycles. The Hall–Kier alpha value is -1.50. The van der Waals surface area contributed by atoms with Crippen LogP contribution in [0.5, 0.6) is 0 Å². The van der Waals surface area contributed by atoms with Gasteiger partial charge in [0.25, 0.3) is 5.69 Å². The van der Waals surface area contributed by atoms with E-state index in [-0.39, 0.29) is 33.7 Å². The van der Waals surface area contributed by atoms with Crippen molar-refractivity contribution >= 4 is 5.69 Å². The molecule has 26 heavy (non-hydrogen) atoms. The first-order valence-electron chi connectivity index (χ1n) is 9.85. The van der Waals surface area contributed by atoms with E-state index in [1.54, 1.807) is 18.2 Å². The number of aliphatic hydroxyl groups excluding tert-OH is 1. The molecule has 4 fully saturated rings. The Labute approximate surface area is 154 Å². The molecule has 142 valence electrons. The summed E-state index contributed by atoms with van der Waals surface area (Å²) in [6.07, 6.45) is 4.07. The molecule has 4 aliphatic heterocycles. The highest BCUT2D eigenvalue weighted by Crippen LogP contribution is 2.57. The molecule has 1 aromatic rings. The Morgan fingerprint density at radius 2 is 1.65 bits per heavy atom. The second kappa shape index (κ2) is 6.29. The van der Waals surface area contributed by atoms with Crippen LogP contribution in [0.3, 0.4) is 0 Å². The van der Waals surface area contributed by atoms with Crippen molar-refractivity contribution in [1.29, 1.82) is 0 Å². The lowest BCUT2D eigenvalue weighted by Crippen LogP contribution is -2.78. The smallest absolute Gasteiger partial charge is 0.269 e. The van der Waals surface area contributed by atoms with Gasteiger partial charge in [0, 0.05) is 49.1 Å². The molecule has 0 amide bonds. The standard InChI is InChI=1S/C20H29N3O3/c1-3-8-19-11-21-13-20(9-4-2,18(19)24)14-22(12-19)17(21)15-6-5-7-16(10-15)23(25)26/h5-7,10,17-18,24H,3-4,8-9,11-14H2,1-2H3. The van der Waals surface area contributed by atoms with Gasteiger partial charge >= 0.3 is 0 Å². The van der Waals surface area contributed by atoms with Gasteiger partial charge in [0.1, 0.15) is 0 Å². The fraction of sp³-hybridized carbons (Fsp3) is 0.700. The summed E-state index contributed by atoms with van der Waals surface area (Å²) in [5.74, 6) is 0. The predicted octanol–water partition coefficient (Wildman–Crippen LogP) is 3.17. The first-order valence-corrected chi connectivity index (χ1v) is 9.85. The van der Waals surface area contributed by atoms with Crippen molar-refractivity contribution in [2.75, 3.05) is 26.2 Å². The molecule has 4 saturated heterocycles. The molecule has 0 aromatic heterocycles. The zero-order chi connectivity index (χ0) is 18.5. The molecule has 0 saturated carbocycles. The van der Waals surface area contributed by atoms with Crippen LogP contribution in [-0.4, -0.2) is 52.1 Å². The molecule has 6 nitrogen and oxygen atoms in total. The van der Waals surface area contributed by atoms with E-state index in [9.17, 15) is 15.2 Å². The van der Waals surface area contributed by atoms with Crippen LogP contribution in [0.25, 0.3) is 0 Å². The largest absolute Gasteiger partial charge is 0.392 e. The second-order valence-corrected chi connectivity index (χ2v) is 8.66. The predicted molar refractivity (Wildman–Crippen MR) is 99.7 cm³/mol. The number of nitro benzene ring substituents is 1. The molecular weight excluding hydrogens is 330 g/mol. The van der Waals surface area contributed by atoms with Gasteiger partial charge in [0.15, 0.2) is 0 Å². The molecule has 0 atom stereocenters. The van der Waals surface area contributed by atoms with Crippen molar-refractivity contribution in [2.45, 2.75) is 51.8 Å². The van der Waals surface area contributed by atoms with E-state index < -0.39 is 0 Å². The molecular formula is C20H29N3O3. The maximum Gasteiger partial charge on any atom is 0.269 e. The monoisotopic (exact) mass is 359 g/mol.